The van der Waals surface area contributed by atoms with Crippen molar-refractivity contribution in [2.75, 3.05) is 12.4 Å². The number of nitrogens with zero attached hydrogens (tertiary/aromatic N) is 2. The summed E-state index contributed by atoms with van der Waals surface area (Å²) in [6.45, 7) is 0.389. The Morgan fingerprint density at radius 3 is 2.58 bits per heavy atom. The van der Waals surface area contributed by atoms with Crippen LogP contribution in [0, 0.1) is 0 Å². The minimum absolute atomic E-state index is 0.389. The van der Waals surface area contributed by atoms with Crippen LogP contribution in [0.25, 0.3) is 0 Å². The molecule has 0 saturated heterocycles. The highest BCUT2D eigenvalue weighted by atomic mass is 35.5. The lowest BCUT2D eigenvalue weighted by Crippen LogP contribution is -2.21. The minimum Gasteiger partial charge on any atom is -0.377 e. The molecular weight excluding hydrogens is 262 g/mol. The van der Waals surface area contributed by atoms with Crippen LogP contribution in [0.15, 0.2) is 6.07 Å². The second kappa shape index (κ2) is 7.65. The number of aromatic nitrogens is 2. The van der Waals surface area contributed by atoms with Gasteiger partial charge in [-0.25, -0.2) is 9.97 Å². The van der Waals surface area contributed by atoms with Gasteiger partial charge in [0.1, 0.15) is 17.6 Å². The monoisotopic (exact) mass is 283 g/mol. The van der Waals surface area contributed by atoms with Gasteiger partial charge in [-0.1, -0.05) is 43.7 Å². The van der Waals surface area contributed by atoms with Crippen LogP contribution in [0.4, 0.5) is 5.82 Å². The van der Waals surface area contributed by atoms with Crippen molar-refractivity contribution < 1.29 is 4.74 Å². The maximum atomic E-state index is 6.02. The molecule has 19 heavy (non-hydrogen) atoms. The Morgan fingerprint density at radius 1 is 1.21 bits per heavy atom. The van der Waals surface area contributed by atoms with E-state index in [9.17, 15) is 0 Å². The first-order valence-corrected chi connectivity index (χ1v) is 7.44. The molecule has 1 N–H and O–H groups in total. The van der Waals surface area contributed by atoms with Crippen molar-refractivity contribution in [2.45, 2.75) is 57.6 Å². The highest BCUT2D eigenvalue weighted by molar-refractivity contribution is 6.29. The summed E-state index contributed by atoms with van der Waals surface area (Å²) in [6, 6.07) is 2.29. The van der Waals surface area contributed by atoms with Crippen molar-refractivity contribution in [3.63, 3.8) is 0 Å². The van der Waals surface area contributed by atoms with E-state index in [1.165, 1.54) is 44.9 Å². The highest BCUT2D eigenvalue weighted by Gasteiger charge is 2.12. The first-order chi connectivity index (χ1) is 9.28. The summed E-state index contributed by atoms with van der Waals surface area (Å²) in [5.41, 5.74) is 0. The van der Waals surface area contributed by atoms with Crippen LogP contribution in [0.1, 0.15) is 50.8 Å². The molecule has 1 aromatic rings. The zero-order chi connectivity index (χ0) is 13.5. The topological polar surface area (TPSA) is 47.0 Å². The number of halogens is 1. The minimum atomic E-state index is 0.389. The molecule has 1 aliphatic rings. The Labute approximate surface area is 119 Å². The van der Waals surface area contributed by atoms with Crippen LogP contribution in [0.2, 0.25) is 5.15 Å². The van der Waals surface area contributed by atoms with Crippen molar-refractivity contribution in [3.05, 3.63) is 17.0 Å². The van der Waals surface area contributed by atoms with Crippen LogP contribution in [-0.2, 0) is 11.3 Å². The summed E-state index contributed by atoms with van der Waals surface area (Å²) in [5, 5.41) is 3.97. The molecule has 1 aliphatic carbocycles. The van der Waals surface area contributed by atoms with E-state index in [0.29, 0.717) is 23.6 Å². The summed E-state index contributed by atoms with van der Waals surface area (Å²) in [4.78, 5) is 8.58. The summed E-state index contributed by atoms with van der Waals surface area (Å²) >= 11 is 6.02. The molecule has 0 aromatic carbocycles. The molecule has 0 radical (unpaired) electrons. The van der Waals surface area contributed by atoms with E-state index in [1.807, 2.05) is 0 Å². The molecule has 5 heteroatoms. The predicted molar refractivity (Wildman–Crippen MR) is 77.5 cm³/mol. The Hall–Kier alpha value is -0.870. The molecule has 0 spiro atoms. The number of rotatable bonds is 4. The number of methoxy groups -OCH3 is 1. The van der Waals surface area contributed by atoms with E-state index in [4.69, 9.17) is 16.3 Å². The highest BCUT2D eigenvalue weighted by Crippen LogP contribution is 2.21. The average Bonchev–Trinajstić information content (AvgIpc) is 2.32. The van der Waals surface area contributed by atoms with Crippen LogP contribution in [0.3, 0.4) is 0 Å². The van der Waals surface area contributed by atoms with Gasteiger partial charge in [-0.05, 0) is 12.8 Å². The van der Waals surface area contributed by atoms with Crippen molar-refractivity contribution in [3.8, 4) is 0 Å². The lowest BCUT2D eigenvalue weighted by atomic mass is 9.97. The molecule has 1 heterocycles. The summed E-state index contributed by atoms with van der Waals surface area (Å²) in [5.74, 6) is 1.45. The molecule has 2 rings (SSSR count). The van der Waals surface area contributed by atoms with Crippen LogP contribution in [-0.4, -0.2) is 23.1 Å². The van der Waals surface area contributed by atoms with Gasteiger partial charge in [0.2, 0.25) is 0 Å². The Bertz CT molecular complexity index is 392. The quantitative estimate of drug-likeness (QED) is 0.854. The molecule has 0 unspecified atom stereocenters. The first-order valence-electron chi connectivity index (χ1n) is 7.07. The molecule has 106 valence electrons. The zero-order valence-electron chi connectivity index (χ0n) is 11.5. The van der Waals surface area contributed by atoms with E-state index in [1.54, 1.807) is 13.2 Å². The third-order valence-corrected chi connectivity index (χ3v) is 3.67. The summed E-state index contributed by atoms with van der Waals surface area (Å²) in [7, 11) is 1.63. The normalized spacial score (nSPS) is 17.8. The van der Waals surface area contributed by atoms with Crippen LogP contribution in [0.5, 0.6) is 0 Å². The van der Waals surface area contributed by atoms with E-state index < -0.39 is 0 Å². The van der Waals surface area contributed by atoms with Crippen LogP contribution < -0.4 is 5.32 Å². The Morgan fingerprint density at radius 2 is 1.89 bits per heavy atom. The third-order valence-electron chi connectivity index (χ3n) is 3.47. The molecule has 0 aliphatic heterocycles. The van der Waals surface area contributed by atoms with Gasteiger partial charge in [0.15, 0.2) is 5.82 Å². The fraction of sp³-hybridized carbons (Fsp3) is 0.714. The van der Waals surface area contributed by atoms with E-state index in [-0.39, 0.29) is 0 Å². The number of ether oxygens (including phenoxy) is 1. The first kappa shape index (κ1) is 14.5. The van der Waals surface area contributed by atoms with Gasteiger partial charge < -0.3 is 10.1 Å². The Kier molecular flexibility index (Phi) is 5.86. The van der Waals surface area contributed by atoms with Gasteiger partial charge >= 0.3 is 0 Å². The van der Waals surface area contributed by atoms with Gasteiger partial charge in [-0.15, -0.1) is 0 Å². The summed E-state index contributed by atoms with van der Waals surface area (Å²) in [6.07, 6.45) is 9.07. The molecule has 4 nitrogen and oxygen atoms in total. The Balaban J connectivity index is 1.99. The standard InChI is InChI=1S/C14H22ClN3O/c1-19-10-14-17-12(15)9-13(18-14)16-11-7-5-3-2-4-6-8-11/h9,11H,2-8,10H2,1H3,(H,16,17,18). The van der Waals surface area contributed by atoms with E-state index in [2.05, 4.69) is 15.3 Å². The molecule has 1 aromatic heterocycles. The fourth-order valence-corrected chi connectivity index (χ4v) is 2.74. The molecular formula is C14H22ClN3O. The lowest BCUT2D eigenvalue weighted by molar-refractivity contribution is 0.178. The number of hydrogen-bond acceptors (Lipinski definition) is 4. The van der Waals surface area contributed by atoms with Crippen molar-refractivity contribution in [1.82, 2.24) is 9.97 Å². The lowest BCUT2D eigenvalue weighted by Gasteiger charge is -2.21. The molecule has 1 fully saturated rings. The van der Waals surface area contributed by atoms with Gasteiger partial charge in [0.25, 0.3) is 0 Å². The third kappa shape index (κ3) is 4.96. The van der Waals surface area contributed by atoms with E-state index >= 15 is 0 Å². The van der Waals surface area contributed by atoms with Crippen molar-refractivity contribution in [1.29, 1.82) is 0 Å². The number of nitrogens with one attached hydrogen (secondary N) is 1. The second-order valence-corrected chi connectivity index (χ2v) is 5.50. The van der Waals surface area contributed by atoms with Crippen molar-refractivity contribution in [2.24, 2.45) is 0 Å². The van der Waals surface area contributed by atoms with Crippen molar-refractivity contribution >= 4 is 17.4 Å². The predicted octanol–water partition coefficient (Wildman–Crippen LogP) is 3.80. The molecule has 0 bridgehead atoms. The fourth-order valence-electron chi connectivity index (χ4n) is 2.54. The molecule has 0 amide bonds. The van der Waals surface area contributed by atoms with Gasteiger partial charge in [-0.3, -0.25) is 0 Å². The van der Waals surface area contributed by atoms with Gasteiger partial charge in [0, 0.05) is 19.2 Å². The van der Waals surface area contributed by atoms with Gasteiger partial charge in [0.05, 0.1) is 0 Å². The SMILES string of the molecule is COCc1nc(Cl)cc(NC2CCCCCCC2)n1. The molecule has 0 atom stereocenters. The van der Waals surface area contributed by atoms with E-state index in [0.717, 1.165) is 5.82 Å². The van der Waals surface area contributed by atoms with Gasteiger partial charge in [-0.2, -0.15) is 0 Å². The number of hydrogen-bond donors (Lipinski definition) is 1. The molecule has 1 saturated carbocycles. The summed E-state index contributed by atoms with van der Waals surface area (Å²) < 4.78 is 5.05. The average molecular weight is 284 g/mol. The smallest absolute Gasteiger partial charge is 0.158 e. The largest absolute Gasteiger partial charge is 0.377 e. The van der Waals surface area contributed by atoms with Crippen LogP contribution >= 0.6 is 11.6 Å². The zero-order valence-corrected chi connectivity index (χ0v) is 12.2. The maximum absolute atomic E-state index is 6.02. The maximum Gasteiger partial charge on any atom is 0.158 e. The second-order valence-electron chi connectivity index (χ2n) is 5.11. The number of anilines is 1.